The number of aromatic nitrogens is 2. The number of nitrogens with one attached hydrogen (secondary N) is 2. The number of amides is 1. The van der Waals surface area contributed by atoms with Gasteiger partial charge in [-0.2, -0.15) is 0 Å². The van der Waals surface area contributed by atoms with Gasteiger partial charge >= 0.3 is 0 Å². The Balaban J connectivity index is 1.86. The van der Waals surface area contributed by atoms with E-state index in [1.54, 1.807) is 13.1 Å². The van der Waals surface area contributed by atoms with Crippen LogP contribution in [-0.4, -0.2) is 27.6 Å². The average Bonchev–Trinajstić information content (AvgIpc) is 2.98. The fourth-order valence-electron chi connectivity index (χ4n) is 4.72. The van der Waals surface area contributed by atoms with Gasteiger partial charge in [-0.15, -0.1) is 0 Å². The predicted octanol–water partition coefficient (Wildman–Crippen LogP) is 6.56. The molecule has 0 bridgehead atoms. The lowest BCUT2D eigenvalue weighted by atomic mass is 9.77. The molecule has 38 heavy (non-hydrogen) atoms. The first-order valence-electron chi connectivity index (χ1n) is 13.1. The summed E-state index contributed by atoms with van der Waals surface area (Å²) in [6.45, 7) is 5.67. The van der Waals surface area contributed by atoms with Gasteiger partial charge in [-0.1, -0.05) is 74.5 Å². The van der Waals surface area contributed by atoms with Gasteiger partial charge in [-0.3, -0.25) is 9.78 Å². The summed E-state index contributed by atoms with van der Waals surface area (Å²) in [6.07, 6.45) is 4.10. The fraction of sp³-hybridized carbons (Fsp3) is 0.281. The number of rotatable bonds is 11. The van der Waals surface area contributed by atoms with E-state index in [0.29, 0.717) is 12.1 Å². The zero-order valence-corrected chi connectivity index (χ0v) is 22.2. The Morgan fingerprint density at radius 3 is 2.18 bits per heavy atom. The van der Waals surface area contributed by atoms with Crippen LogP contribution in [0, 0.1) is 5.41 Å². The van der Waals surface area contributed by atoms with Crippen molar-refractivity contribution in [3.8, 4) is 0 Å². The third-order valence-corrected chi connectivity index (χ3v) is 7.44. The normalized spacial score (nSPS) is 15.1. The molecule has 0 aliphatic rings. The van der Waals surface area contributed by atoms with Crippen molar-refractivity contribution in [2.45, 2.75) is 45.1 Å². The number of benzene rings is 2. The number of pyridine rings is 2. The lowest BCUT2D eigenvalue weighted by molar-refractivity contribution is -0.127. The molecular formula is C32H36N4O2. The molecule has 3 N–H and O–H groups in total. The highest BCUT2D eigenvalue weighted by Gasteiger charge is 2.35. The van der Waals surface area contributed by atoms with Gasteiger partial charge in [0.1, 0.15) is 5.82 Å². The number of para-hydroxylation sites is 1. The van der Waals surface area contributed by atoms with E-state index in [-0.39, 0.29) is 30.4 Å². The molecule has 2 heterocycles. The van der Waals surface area contributed by atoms with Crippen LogP contribution in [0.25, 0.3) is 0 Å². The summed E-state index contributed by atoms with van der Waals surface area (Å²) >= 11 is 0. The molecule has 196 valence electrons. The van der Waals surface area contributed by atoms with Crippen molar-refractivity contribution in [3.05, 3.63) is 120 Å². The number of carbonyl (C=O) groups is 1. The minimum atomic E-state index is -0.880. The molecule has 0 aliphatic heterocycles. The maximum absolute atomic E-state index is 13.3. The Labute approximate surface area is 225 Å². The predicted molar refractivity (Wildman–Crippen MR) is 153 cm³/mol. The molecule has 1 unspecified atom stereocenters. The summed E-state index contributed by atoms with van der Waals surface area (Å²) < 4.78 is 0. The van der Waals surface area contributed by atoms with E-state index in [2.05, 4.69) is 52.9 Å². The van der Waals surface area contributed by atoms with Crippen LogP contribution in [-0.2, 0) is 4.79 Å². The summed E-state index contributed by atoms with van der Waals surface area (Å²) in [4.78, 5) is 22.7. The second-order valence-electron chi connectivity index (χ2n) is 9.93. The Bertz CT molecular complexity index is 1290. The summed E-state index contributed by atoms with van der Waals surface area (Å²) in [5.74, 6) is 0.495. The van der Waals surface area contributed by atoms with Crippen molar-refractivity contribution in [3.63, 3.8) is 0 Å². The maximum Gasteiger partial charge on any atom is 0.232 e. The fourth-order valence-corrected chi connectivity index (χ4v) is 4.72. The van der Waals surface area contributed by atoms with Crippen LogP contribution in [0.4, 0.5) is 11.5 Å². The molecule has 4 atom stereocenters. The third kappa shape index (κ3) is 6.09. The van der Waals surface area contributed by atoms with Gasteiger partial charge in [0.15, 0.2) is 0 Å². The molecule has 6 heteroatoms. The van der Waals surface area contributed by atoms with E-state index >= 15 is 0 Å². The smallest absolute Gasteiger partial charge is 0.232 e. The quantitative estimate of drug-likeness (QED) is 0.213. The zero-order chi connectivity index (χ0) is 27.0. The molecule has 0 fully saturated rings. The van der Waals surface area contributed by atoms with Gasteiger partial charge in [0.25, 0.3) is 0 Å². The van der Waals surface area contributed by atoms with Crippen LogP contribution in [0.3, 0.4) is 0 Å². The molecule has 0 saturated heterocycles. The number of aliphatic hydroxyl groups is 1. The van der Waals surface area contributed by atoms with Crippen molar-refractivity contribution < 1.29 is 9.90 Å². The lowest BCUT2D eigenvalue weighted by Gasteiger charge is -2.35. The minimum absolute atomic E-state index is 0.0782. The lowest BCUT2D eigenvalue weighted by Crippen LogP contribution is -2.36. The molecule has 2 aromatic carbocycles. The van der Waals surface area contributed by atoms with Crippen molar-refractivity contribution in [2.24, 2.45) is 5.41 Å². The second kappa shape index (κ2) is 12.5. The van der Waals surface area contributed by atoms with Gasteiger partial charge in [0, 0.05) is 29.7 Å². The molecule has 2 aromatic heterocycles. The molecule has 1 amide bonds. The third-order valence-electron chi connectivity index (χ3n) is 7.44. The highest BCUT2D eigenvalue weighted by molar-refractivity contribution is 5.96. The molecule has 4 aromatic rings. The highest BCUT2D eigenvalue weighted by Crippen LogP contribution is 2.44. The Kier molecular flexibility index (Phi) is 8.87. The van der Waals surface area contributed by atoms with E-state index in [1.807, 2.05) is 73.8 Å². The number of nitrogens with zero attached hydrogens (tertiary/aromatic N) is 2. The van der Waals surface area contributed by atoms with E-state index in [0.717, 1.165) is 17.1 Å². The van der Waals surface area contributed by atoms with E-state index in [9.17, 15) is 9.90 Å². The Morgan fingerprint density at radius 2 is 1.55 bits per heavy atom. The second-order valence-corrected chi connectivity index (χ2v) is 9.93. The largest absolute Gasteiger partial charge is 0.395 e. The van der Waals surface area contributed by atoms with Crippen LogP contribution < -0.4 is 10.6 Å². The van der Waals surface area contributed by atoms with Crippen molar-refractivity contribution >= 4 is 17.4 Å². The Morgan fingerprint density at radius 1 is 0.895 bits per heavy atom. The molecule has 0 saturated carbocycles. The zero-order valence-electron chi connectivity index (χ0n) is 22.2. The summed E-state index contributed by atoms with van der Waals surface area (Å²) in [5.41, 5.74) is 2.86. The van der Waals surface area contributed by atoms with Crippen molar-refractivity contribution in [1.29, 1.82) is 0 Å². The van der Waals surface area contributed by atoms with Gasteiger partial charge in [0.05, 0.1) is 18.1 Å². The van der Waals surface area contributed by atoms with Crippen LogP contribution in [0.1, 0.15) is 61.9 Å². The van der Waals surface area contributed by atoms with E-state index in [4.69, 9.17) is 4.98 Å². The number of anilines is 2. The van der Waals surface area contributed by atoms with Gasteiger partial charge < -0.3 is 15.7 Å². The van der Waals surface area contributed by atoms with Gasteiger partial charge in [0.2, 0.25) is 5.91 Å². The molecule has 6 nitrogen and oxygen atoms in total. The van der Waals surface area contributed by atoms with Crippen molar-refractivity contribution in [1.82, 2.24) is 9.97 Å². The van der Waals surface area contributed by atoms with E-state index < -0.39 is 5.41 Å². The van der Waals surface area contributed by atoms with Gasteiger partial charge in [-0.25, -0.2) is 4.98 Å². The number of aliphatic hydroxyl groups excluding tert-OH is 1. The number of hydrogen-bond acceptors (Lipinski definition) is 5. The topological polar surface area (TPSA) is 87.1 Å². The molecule has 0 radical (unpaired) electrons. The standard InChI is InChI=1S/C32H36N4O2/c1-4-32(3,22-37)31(38)35-26-17-9-8-16-25(26)30(36-28-19-11-13-21-34-28)29(27-18-10-12-20-33-27)23(2)24-14-6-5-7-15-24/h5-21,23,29-30,37H,4,22H2,1-3H3,(H,34,36)(H,35,38)/t23-,29+,30-,32?/m0/s1. The summed E-state index contributed by atoms with van der Waals surface area (Å²) in [6, 6.07) is 29.7. The first kappa shape index (κ1) is 27.0. The minimum Gasteiger partial charge on any atom is -0.395 e. The molecule has 4 rings (SSSR count). The van der Waals surface area contributed by atoms with E-state index in [1.165, 1.54) is 5.56 Å². The SMILES string of the molecule is CCC(C)(CO)C(=O)Nc1ccccc1[C@H](Nc1ccccn1)[C@@H](c1ccccn1)[C@@H](C)c1ccccc1. The monoisotopic (exact) mass is 508 g/mol. The molecule has 0 spiro atoms. The summed E-state index contributed by atoms with van der Waals surface area (Å²) in [5, 5.41) is 16.8. The molecular weight excluding hydrogens is 472 g/mol. The summed E-state index contributed by atoms with van der Waals surface area (Å²) in [7, 11) is 0. The Hall–Kier alpha value is -4.03. The van der Waals surface area contributed by atoms with Crippen LogP contribution in [0.15, 0.2) is 103 Å². The first-order chi connectivity index (χ1) is 18.5. The average molecular weight is 509 g/mol. The maximum atomic E-state index is 13.3. The van der Waals surface area contributed by atoms with Crippen LogP contribution in [0.5, 0.6) is 0 Å². The van der Waals surface area contributed by atoms with Crippen LogP contribution in [0.2, 0.25) is 0 Å². The molecule has 0 aliphatic carbocycles. The first-order valence-corrected chi connectivity index (χ1v) is 13.1. The van der Waals surface area contributed by atoms with Gasteiger partial charge in [-0.05, 0) is 60.7 Å². The highest BCUT2D eigenvalue weighted by atomic mass is 16.3. The number of hydrogen-bond donors (Lipinski definition) is 3. The number of carbonyl (C=O) groups excluding carboxylic acids is 1. The van der Waals surface area contributed by atoms with Crippen LogP contribution >= 0.6 is 0 Å². The van der Waals surface area contributed by atoms with Crippen molar-refractivity contribution in [2.75, 3.05) is 17.2 Å².